The highest BCUT2D eigenvalue weighted by Gasteiger charge is 2.05. The van der Waals surface area contributed by atoms with Crippen molar-refractivity contribution in [1.82, 2.24) is 0 Å². The van der Waals surface area contributed by atoms with E-state index in [0.717, 1.165) is 0 Å². The normalized spacial score (nSPS) is 15.4. The van der Waals surface area contributed by atoms with E-state index in [1.807, 2.05) is 0 Å². The van der Waals surface area contributed by atoms with Crippen molar-refractivity contribution in [3.63, 3.8) is 0 Å². The third-order valence-corrected chi connectivity index (χ3v) is 4.13. The van der Waals surface area contributed by atoms with Crippen molar-refractivity contribution in [2.75, 3.05) is 24.6 Å². The molecule has 0 aromatic rings. The van der Waals surface area contributed by atoms with E-state index in [0.29, 0.717) is 37.4 Å². The fourth-order valence-corrected chi connectivity index (χ4v) is 3.16. The summed E-state index contributed by atoms with van der Waals surface area (Å²) >= 11 is 0. The van der Waals surface area contributed by atoms with Crippen LogP contribution in [0.4, 0.5) is 0 Å². The molecule has 6 N–H and O–H groups in total. The van der Waals surface area contributed by atoms with Gasteiger partial charge in [-0.2, -0.15) is 0 Å². The highest BCUT2D eigenvalue weighted by molar-refractivity contribution is 8.76. The lowest BCUT2D eigenvalue weighted by atomic mass is 10.3. The zero-order valence-corrected chi connectivity index (χ0v) is 9.90. The van der Waals surface area contributed by atoms with Crippen LogP contribution < -0.4 is 11.5 Å². The molecule has 6 heteroatoms. The van der Waals surface area contributed by atoms with Crippen LogP contribution in [0.3, 0.4) is 0 Å². The van der Waals surface area contributed by atoms with E-state index in [-0.39, 0.29) is 12.2 Å². The van der Waals surface area contributed by atoms with Crippen molar-refractivity contribution in [3.05, 3.63) is 0 Å². The first kappa shape index (κ1) is 14.5. The molecule has 0 rings (SSSR count). The van der Waals surface area contributed by atoms with E-state index in [9.17, 15) is 10.2 Å². The van der Waals surface area contributed by atoms with Gasteiger partial charge in [0, 0.05) is 11.5 Å². The minimum Gasteiger partial charge on any atom is -0.392 e. The molecule has 0 fully saturated rings. The summed E-state index contributed by atoms with van der Waals surface area (Å²) in [6.07, 6.45) is 0.617. The zero-order valence-electron chi connectivity index (χ0n) is 8.26. The van der Waals surface area contributed by atoms with Gasteiger partial charge in [-0.05, 0) is 25.9 Å². The van der Waals surface area contributed by atoms with Gasteiger partial charge in [0.15, 0.2) is 0 Å². The SMILES string of the molecule is NCCC(O)CSSCC(O)CCN. The quantitative estimate of drug-likeness (QED) is 0.329. The Labute approximate surface area is 93.2 Å². The lowest BCUT2D eigenvalue weighted by Gasteiger charge is -2.10. The predicted octanol–water partition coefficient (Wildman–Crippen LogP) is -0.213. The second-order valence-electron chi connectivity index (χ2n) is 3.03. The molecule has 0 aliphatic carbocycles. The Balaban J connectivity index is 3.19. The van der Waals surface area contributed by atoms with Gasteiger partial charge in [0.25, 0.3) is 0 Å². The van der Waals surface area contributed by atoms with Gasteiger partial charge in [0.2, 0.25) is 0 Å². The monoisotopic (exact) mass is 240 g/mol. The van der Waals surface area contributed by atoms with Crippen molar-refractivity contribution in [1.29, 1.82) is 0 Å². The number of hydrogen-bond donors (Lipinski definition) is 4. The van der Waals surface area contributed by atoms with Crippen LogP contribution >= 0.6 is 21.6 Å². The van der Waals surface area contributed by atoms with Crippen LogP contribution in [0.5, 0.6) is 0 Å². The average molecular weight is 240 g/mol. The summed E-state index contributed by atoms with van der Waals surface area (Å²) < 4.78 is 0. The molecule has 0 aliphatic rings. The summed E-state index contributed by atoms with van der Waals surface area (Å²) in [5.41, 5.74) is 10.6. The lowest BCUT2D eigenvalue weighted by molar-refractivity contribution is 0.191. The molecule has 4 nitrogen and oxygen atoms in total. The van der Waals surface area contributed by atoms with Gasteiger partial charge in [0.1, 0.15) is 0 Å². The van der Waals surface area contributed by atoms with Gasteiger partial charge < -0.3 is 21.7 Å². The highest BCUT2D eigenvalue weighted by Crippen LogP contribution is 2.23. The number of nitrogens with two attached hydrogens (primary N) is 2. The van der Waals surface area contributed by atoms with Crippen molar-refractivity contribution >= 4 is 21.6 Å². The number of rotatable bonds is 9. The maximum Gasteiger partial charge on any atom is 0.0651 e. The minimum atomic E-state index is -0.329. The first-order valence-electron chi connectivity index (χ1n) is 4.71. The first-order valence-corrected chi connectivity index (χ1v) is 7.20. The van der Waals surface area contributed by atoms with Gasteiger partial charge in [-0.3, -0.25) is 0 Å². The molecular formula is C8H20N2O2S2. The summed E-state index contributed by atoms with van der Waals surface area (Å²) in [6, 6.07) is 0. The zero-order chi connectivity index (χ0) is 10.8. The molecule has 0 saturated carbocycles. The molecular weight excluding hydrogens is 220 g/mol. The van der Waals surface area contributed by atoms with Gasteiger partial charge in [-0.25, -0.2) is 0 Å². The Kier molecular flexibility index (Phi) is 10.5. The van der Waals surface area contributed by atoms with Gasteiger partial charge in [-0.15, -0.1) is 0 Å². The molecule has 0 saturated heterocycles. The fourth-order valence-electron chi connectivity index (χ4n) is 0.805. The lowest BCUT2D eigenvalue weighted by Crippen LogP contribution is -2.16. The third-order valence-electron chi connectivity index (χ3n) is 1.60. The maximum atomic E-state index is 9.32. The number of aliphatic hydroxyl groups excluding tert-OH is 2. The van der Waals surface area contributed by atoms with Crippen LogP contribution in [0.1, 0.15) is 12.8 Å². The van der Waals surface area contributed by atoms with Gasteiger partial charge >= 0.3 is 0 Å². The summed E-state index contributed by atoms with van der Waals surface area (Å²) in [6.45, 7) is 1.03. The number of aliphatic hydroxyl groups is 2. The van der Waals surface area contributed by atoms with Crippen LogP contribution in [0.15, 0.2) is 0 Å². The van der Waals surface area contributed by atoms with Crippen molar-refractivity contribution in [2.24, 2.45) is 11.5 Å². The fraction of sp³-hybridized carbons (Fsp3) is 1.00. The van der Waals surface area contributed by atoms with E-state index in [1.165, 1.54) is 0 Å². The Morgan fingerprint density at radius 3 is 1.50 bits per heavy atom. The Morgan fingerprint density at radius 1 is 0.857 bits per heavy atom. The topological polar surface area (TPSA) is 92.5 Å². The van der Waals surface area contributed by atoms with Crippen molar-refractivity contribution < 1.29 is 10.2 Å². The third kappa shape index (κ3) is 9.11. The van der Waals surface area contributed by atoms with E-state index in [1.54, 1.807) is 21.6 Å². The average Bonchev–Trinajstić information content (AvgIpc) is 2.13. The summed E-state index contributed by atoms with van der Waals surface area (Å²) in [7, 11) is 3.13. The van der Waals surface area contributed by atoms with Gasteiger partial charge in [-0.1, -0.05) is 21.6 Å². The highest BCUT2D eigenvalue weighted by atomic mass is 33.1. The molecule has 0 amide bonds. The largest absolute Gasteiger partial charge is 0.392 e. The van der Waals surface area contributed by atoms with Crippen LogP contribution in [-0.2, 0) is 0 Å². The maximum absolute atomic E-state index is 9.32. The second kappa shape index (κ2) is 10.1. The van der Waals surface area contributed by atoms with Crippen molar-refractivity contribution in [3.8, 4) is 0 Å². The molecule has 0 bridgehead atoms. The molecule has 0 aliphatic heterocycles. The number of hydrogen-bond acceptors (Lipinski definition) is 6. The van der Waals surface area contributed by atoms with Crippen LogP contribution in [-0.4, -0.2) is 47.0 Å². The molecule has 0 aromatic carbocycles. The summed E-state index contributed by atoms with van der Waals surface area (Å²) in [5.74, 6) is 1.33. The summed E-state index contributed by atoms with van der Waals surface area (Å²) in [5, 5.41) is 18.6. The van der Waals surface area contributed by atoms with Crippen LogP contribution in [0.25, 0.3) is 0 Å². The van der Waals surface area contributed by atoms with Crippen LogP contribution in [0, 0.1) is 0 Å². The van der Waals surface area contributed by atoms with E-state index in [4.69, 9.17) is 11.5 Å². The van der Waals surface area contributed by atoms with Gasteiger partial charge in [0.05, 0.1) is 12.2 Å². The van der Waals surface area contributed by atoms with E-state index in [2.05, 4.69) is 0 Å². The molecule has 2 unspecified atom stereocenters. The van der Waals surface area contributed by atoms with E-state index >= 15 is 0 Å². The minimum absolute atomic E-state index is 0.329. The summed E-state index contributed by atoms with van der Waals surface area (Å²) in [4.78, 5) is 0. The predicted molar refractivity (Wildman–Crippen MR) is 64.3 cm³/mol. The molecule has 0 aromatic heterocycles. The molecule has 0 radical (unpaired) electrons. The van der Waals surface area contributed by atoms with Crippen molar-refractivity contribution in [2.45, 2.75) is 25.0 Å². The smallest absolute Gasteiger partial charge is 0.0651 e. The van der Waals surface area contributed by atoms with Crippen LogP contribution in [0.2, 0.25) is 0 Å². The Morgan fingerprint density at radius 2 is 1.21 bits per heavy atom. The molecule has 14 heavy (non-hydrogen) atoms. The first-order chi connectivity index (χ1) is 6.70. The molecule has 86 valence electrons. The molecule has 0 heterocycles. The van der Waals surface area contributed by atoms with E-state index < -0.39 is 0 Å². The molecule has 2 atom stereocenters. The Hall–Kier alpha value is 0.540. The molecule has 0 spiro atoms. The Bertz CT molecular complexity index is 116. The standard InChI is InChI=1S/C8H20N2O2S2/c9-3-1-7(11)5-13-14-6-8(12)2-4-10/h7-8,11-12H,1-6,9-10H2. The second-order valence-corrected chi connectivity index (χ2v) is 5.58.